The minimum Gasteiger partial charge on any atom is -0.387 e. The number of aliphatic hydroxyl groups is 1. The van der Waals surface area contributed by atoms with E-state index in [9.17, 15) is 9.90 Å². The highest BCUT2D eigenvalue weighted by Gasteiger charge is 2.26. The molecule has 0 aliphatic heterocycles. The molecule has 2 rings (SSSR count). The molecule has 0 bridgehead atoms. The number of thiophene rings is 1. The number of amides is 1. The maximum Gasteiger partial charge on any atom is 0.220 e. The van der Waals surface area contributed by atoms with Crippen LogP contribution in [0.2, 0.25) is 0 Å². The number of halogens is 1. The third kappa shape index (κ3) is 4.76. The van der Waals surface area contributed by atoms with E-state index in [4.69, 9.17) is 5.73 Å². The molecule has 0 spiro atoms. The van der Waals surface area contributed by atoms with Crippen LogP contribution >= 0.6 is 23.7 Å². The van der Waals surface area contributed by atoms with Gasteiger partial charge in [0.15, 0.2) is 0 Å². The molecule has 3 atom stereocenters. The van der Waals surface area contributed by atoms with Crippen molar-refractivity contribution in [3.8, 4) is 0 Å². The summed E-state index contributed by atoms with van der Waals surface area (Å²) in [5, 5.41) is 16.4. The Hall–Kier alpha value is -0.620. The monoisotopic (exact) mass is 304 g/mol. The fourth-order valence-corrected chi connectivity index (χ4v) is 3.13. The molecular weight excluding hydrogens is 284 g/mol. The molecule has 1 unspecified atom stereocenters. The third-order valence-corrected chi connectivity index (χ3v) is 4.29. The van der Waals surface area contributed by atoms with Crippen molar-refractivity contribution in [1.82, 2.24) is 5.32 Å². The van der Waals surface area contributed by atoms with E-state index in [0.29, 0.717) is 12.3 Å². The van der Waals surface area contributed by atoms with Crippen LogP contribution < -0.4 is 11.1 Å². The predicted octanol–water partition coefficient (Wildman–Crippen LogP) is 1.84. The van der Waals surface area contributed by atoms with Gasteiger partial charge in [0.1, 0.15) is 0 Å². The van der Waals surface area contributed by atoms with E-state index >= 15 is 0 Å². The summed E-state index contributed by atoms with van der Waals surface area (Å²) < 4.78 is 0. The molecule has 0 radical (unpaired) electrons. The summed E-state index contributed by atoms with van der Waals surface area (Å²) in [5.74, 6) is 0.301. The van der Waals surface area contributed by atoms with E-state index in [1.54, 1.807) is 0 Å². The molecule has 1 saturated carbocycles. The van der Waals surface area contributed by atoms with Crippen LogP contribution in [-0.4, -0.2) is 23.6 Å². The van der Waals surface area contributed by atoms with Gasteiger partial charge >= 0.3 is 0 Å². The van der Waals surface area contributed by atoms with Gasteiger partial charge in [0.05, 0.1) is 6.10 Å². The zero-order valence-electron chi connectivity index (χ0n) is 10.7. The second-order valence-corrected chi connectivity index (χ2v) is 5.72. The lowest BCUT2D eigenvalue weighted by atomic mass is 10.00. The van der Waals surface area contributed by atoms with Crippen molar-refractivity contribution in [3.05, 3.63) is 22.4 Å². The molecule has 108 valence electrons. The SMILES string of the molecule is Cl.N[C@@H]1CCC[C@H]1CC(=O)NCC(O)c1ccsc1. The lowest BCUT2D eigenvalue weighted by molar-refractivity contribution is -0.122. The number of hydrogen-bond donors (Lipinski definition) is 3. The Kier molecular flexibility index (Phi) is 6.79. The van der Waals surface area contributed by atoms with Crippen molar-refractivity contribution in [1.29, 1.82) is 0 Å². The Balaban J connectivity index is 0.00000180. The summed E-state index contributed by atoms with van der Waals surface area (Å²) in [6.07, 6.45) is 3.06. The Morgan fingerprint density at radius 1 is 1.58 bits per heavy atom. The molecule has 1 aromatic heterocycles. The standard InChI is InChI=1S/C13H20N2O2S.ClH/c14-11-3-1-2-9(11)6-13(17)15-7-12(16)10-4-5-18-8-10;/h4-5,8-9,11-12,16H,1-3,6-7,14H2,(H,15,17);1H/t9-,11+,12?;/m0./s1. The van der Waals surface area contributed by atoms with Crippen molar-refractivity contribution in [2.24, 2.45) is 11.7 Å². The first kappa shape index (κ1) is 16.4. The second kappa shape index (κ2) is 7.85. The minimum atomic E-state index is -0.613. The molecule has 6 heteroatoms. The van der Waals surface area contributed by atoms with Crippen molar-refractivity contribution in [3.63, 3.8) is 0 Å². The van der Waals surface area contributed by atoms with Crippen molar-refractivity contribution in [2.45, 2.75) is 37.8 Å². The number of hydrogen-bond acceptors (Lipinski definition) is 4. The number of rotatable bonds is 5. The molecule has 4 nitrogen and oxygen atoms in total. The second-order valence-electron chi connectivity index (χ2n) is 4.94. The van der Waals surface area contributed by atoms with Crippen molar-refractivity contribution in [2.75, 3.05) is 6.54 Å². The highest BCUT2D eigenvalue weighted by Crippen LogP contribution is 2.26. The van der Waals surface area contributed by atoms with Crippen LogP contribution in [0.15, 0.2) is 16.8 Å². The number of nitrogens with two attached hydrogens (primary N) is 1. The van der Waals surface area contributed by atoms with Crippen LogP contribution in [0.1, 0.15) is 37.4 Å². The summed E-state index contributed by atoms with van der Waals surface area (Å²) in [6.45, 7) is 0.275. The van der Waals surface area contributed by atoms with E-state index in [0.717, 1.165) is 24.8 Å². The molecule has 1 fully saturated rings. The van der Waals surface area contributed by atoms with Crippen LogP contribution in [0.5, 0.6) is 0 Å². The van der Waals surface area contributed by atoms with Gasteiger partial charge in [-0.2, -0.15) is 11.3 Å². The summed E-state index contributed by atoms with van der Waals surface area (Å²) in [5.41, 5.74) is 6.79. The Labute approximate surface area is 123 Å². The summed E-state index contributed by atoms with van der Waals surface area (Å²) in [6, 6.07) is 2.03. The number of carbonyl (C=O) groups excluding carboxylic acids is 1. The largest absolute Gasteiger partial charge is 0.387 e. The maximum absolute atomic E-state index is 11.7. The molecule has 0 aromatic carbocycles. The minimum absolute atomic E-state index is 0. The zero-order chi connectivity index (χ0) is 13.0. The Bertz CT molecular complexity index is 386. The molecule has 19 heavy (non-hydrogen) atoms. The summed E-state index contributed by atoms with van der Waals surface area (Å²) in [4.78, 5) is 11.7. The first-order valence-corrected chi connectivity index (χ1v) is 7.33. The predicted molar refractivity (Wildman–Crippen MR) is 79.5 cm³/mol. The number of carbonyl (C=O) groups is 1. The summed E-state index contributed by atoms with van der Waals surface area (Å²) in [7, 11) is 0. The van der Waals surface area contributed by atoms with E-state index in [1.807, 2.05) is 16.8 Å². The molecule has 1 heterocycles. The van der Waals surface area contributed by atoms with Gasteiger partial charge in [0.25, 0.3) is 0 Å². The van der Waals surface area contributed by atoms with E-state index in [1.165, 1.54) is 11.3 Å². The first-order chi connectivity index (χ1) is 8.66. The zero-order valence-corrected chi connectivity index (χ0v) is 12.4. The number of nitrogens with one attached hydrogen (secondary N) is 1. The van der Waals surface area contributed by atoms with Gasteiger partial charge in [-0.3, -0.25) is 4.79 Å². The van der Waals surface area contributed by atoms with E-state index < -0.39 is 6.10 Å². The van der Waals surface area contributed by atoms with Gasteiger partial charge in [-0.1, -0.05) is 6.42 Å². The smallest absolute Gasteiger partial charge is 0.220 e. The lowest BCUT2D eigenvalue weighted by Crippen LogP contribution is -2.33. The fraction of sp³-hybridized carbons (Fsp3) is 0.615. The topological polar surface area (TPSA) is 75.4 Å². The Morgan fingerprint density at radius 2 is 2.37 bits per heavy atom. The molecule has 1 aliphatic carbocycles. The van der Waals surface area contributed by atoms with Gasteiger partial charge in [-0.15, -0.1) is 12.4 Å². The average molecular weight is 305 g/mol. The van der Waals surface area contributed by atoms with E-state index in [-0.39, 0.29) is 30.9 Å². The summed E-state index contributed by atoms with van der Waals surface area (Å²) >= 11 is 1.54. The number of aliphatic hydroxyl groups excluding tert-OH is 1. The van der Waals surface area contributed by atoms with Gasteiger partial charge < -0.3 is 16.2 Å². The maximum atomic E-state index is 11.7. The van der Waals surface area contributed by atoms with Gasteiger partial charge in [-0.05, 0) is 41.1 Å². The fourth-order valence-electron chi connectivity index (χ4n) is 2.42. The average Bonchev–Trinajstić information content (AvgIpc) is 2.99. The highest BCUT2D eigenvalue weighted by molar-refractivity contribution is 7.07. The van der Waals surface area contributed by atoms with Gasteiger partial charge in [-0.25, -0.2) is 0 Å². The Morgan fingerprint density at radius 3 is 2.95 bits per heavy atom. The highest BCUT2D eigenvalue weighted by atomic mass is 35.5. The van der Waals surface area contributed by atoms with Crippen LogP contribution in [0, 0.1) is 5.92 Å². The van der Waals surface area contributed by atoms with Crippen LogP contribution in [0.25, 0.3) is 0 Å². The molecule has 0 saturated heterocycles. The van der Waals surface area contributed by atoms with Gasteiger partial charge in [0, 0.05) is 19.0 Å². The molecule has 1 amide bonds. The van der Waals surface area contributed by atoms with Crippen LogP contribution in [0.4, 0.5) is 0 Å². The van der Waals surface area contributed by atoms with E-state index in [2.05, 4.69) is 5.32 Å². The van der Waals surface area contributed by atoms with Crippen molar-refractivity contribution >= 4 is 29.7 Å². The molecule has 1 aliphatic rings. The molecular formula is C13H21ClN2O2S. The third-order valence-electron chi connectivity index (χ3n) is 3.59. The van der Waals surface area contributed by atoms with Gasteiger partial charge in [0.2, 0.25) is 5.91 Å². The molecule has 4 N–H and O–H groups in total. The first-order valence-electron chi connectivity index (χ1n) is 6.39. The van der Waals surface area contributed by atoms with Crippen LogP contribution in [-0.2, 0) is 4.79 Å². The molecule has 1 aromatic rings. The van der Waals surface area contributed by atoms with Crippen molar-refractivity contribution < 1.29 is 9.90 Å². The van der Waals surface area contributed by atoms with Crippen LogP contribution in [0.3, 0.4) is 0 Å². The normalized spacial score (nSPS) is 23.7. The lowest BCUT2D eigenvalue weighted by Gasteiger charge is -2.16. The quantitative estimate of drug-likeness (QED) is 0.777.